The summed E-state index contributed by atoms with van der Waals surface area (Å²) in [6.07, 6.45) is 2.81. The zero-order chi connectivity index (χ0) is 11.1. The van der Waals surface area contributed by atoms with Crippen LogP contribution < -0.4 is 0 Å². The molecule has 0 saturated heterocycles. The van der Waals surface area contributed by atoms with Gasteiger partial charge in [0.15, 0.2) is 0 Å². The highest BCUT2D eigenvalue weighted by molar-refractivity contribution is 7.78. The second kappa shape index (κ2) is 6.55. The third-order valence-corrected chi connectivity index (χ3v) is 2.12. The molecule has 0 unspecified atom stereocenters. The monoisotopic (exact) mass is 226 g/mol. The molecule has 0 radical (unpaired) electrons. The van der Waals surface area contributed by atoms with Gasteiger partial charge in [0.1, 0.15) is 5.82 Å². The van der Waals surface area contributed by atoms with E-state index in [9.17, 15) is 0 Å². The summed E-state index contributed by atoms with van der Waals surface area (Å²) in [5, 5.41) is 1.68. The number of thiocarbonyl (C=S) groups is 1. The fourth-order valence-corrected chi connectivity index (χ4v) is 1.31. The first-order valence-corrected chi connectivity index (χ1v) is 5.10. The molecule has 0 aliphatic carbocycles. The lowest BCUT2D eigenvalue weighted by molar-refractivity contribution is -0.108. The Bertz CT molecular complexity index is 316. The van der Waals surface area contributed by atoms with Crippen LogP contribution in [0.4, 0.5) is 0 Å². The lowest BCUT2D eigenvalue weighted by Gasteiger charge is -2.12. The van der Waals surface area contributed by atoms with Crippen molar-refractivity contribution in [3.05, 3.63) is 23.8 Å². The Kier molecular flexibility index (Phi) is 5.31. The van der Waals surface area contributed by atoms with Gasteiger partial charge < -0.3 is 9.47 Å². The van der Waals surface area contributed by atoms with Crippen LogP contribution in [-0.2, 0) is 15.9 Å². The Labute approximate surface area is 94.6 Å². The molecule has 82 valence electrons. The number of aryl methyl sites for hydroxylation is 1. The van der Waals surface area contributed by atoms with Gasteiger partial charge in [-0.25, -0.2) is 9.97 Å². The smallest absolute Gasteiger partial charge is 0.200 e. The fraction of sp³-hybridized carbons (Fsp3) is 0.500. The molecule has 4 nitrogen and oxygen atoms in total. The Balaban J connectivity index is 2.76. The zero-order valence-electron chi connectivity index (χ0n) is 8.84. The Morgan fingerprint density at radius 2 is 2.20 bits per heavy atom. The highest BCUT2D eigenvalue weighted by atomic mass is 32.1. The molecule has 5 heteroatoms. The fourth-order valence-electron chi connectivity index (χ4n) is 1.19. The van der Waals surface area contributed by atoms with Crippen molar-refractivity contribution in [3.8, 4) is 0 Å². The van der Waals surface area contributed by atoms with E-state index in [0.29, 0.717) is 0 Å². The van der Waals surface area contributed by atoms with Gasteiger partial charge in [0.05, 0.1) is 5.69 Å². The van der Waals surface area contributed by atoms with Crippen LogP contribution in [0.2, 0.25) is 0 Å². The molecule has 0 spiro atoms. The van der Waals surface area contributed by atoms with Crippen LogP contribution in [0, 0.1) is 0 Å². The van der Waals surface area contributed by atoms with Crippen LogP contribution in [0.1, 0.15) is 24.2 Å². The van der Waals surface area contributed by atoms with Crippen LogP contribution in [0.3, 0.4) is 0 Å². The third-order valence-electron chi connectivity index (χ3n) is 1.88. The molecule has 1 aromatic heterocycles. The quantitative estimate of drug-likeness (QED) is 0.545. The molecule has 0 aliphatic rings. The van der Waals surface area contributed by atoms with E-state index in [2.05, 4.69) is 9.97 Å². The second-order valence-electron chi connectivity index (χ2n) is 2.91. The molecule has 0 bridgehead atoms. The van der Waals surface area contributed by atoms with Crippen molar-refractivity contribution in [2.24, 2.45) is 0 Å². The summed E-state index contributed by atoms with van der Waals surface area (Å²) < 4.78 is 10.2. The van der Waals surface area contributed by atoms with Crippen molar-refractivity contribution in [3.63, 3.8) is 0 Å². The largest absolute Gasteiger partial charge is 0.350 e. The molecule has 0 atom stereocenters. The number of ether oxygens (including phenoxy) is 2. The maximum atomic E-state index is 5.10. The van der Waals surface area contributed by atoms with Crippen LogP contribution in [0.15, 0.2) is 12.3 Å². The Morgan fingerprint density at radius 3 is 2.80 bits per heavy atom. The van der Waals surface area contributed by atoms with E-state index in [0.717, 1.165) is 24.4 Å². The molecule has 0 aliphatic heterocycles. The predicted molar refractivity (Wildman–Crippen MR) is 60.8 cm³/mol. The molecule has 0 amide bonds. The number of hydrogen-bond donors (Lipinski definition) is 0. The highest BCUT2D eigenvalue weighted by Gasteiger charge is 2.10. The van der Waals surface area contributed by atoms with Crippen molar-refractivity contribution in [1.82, 2.24) is 9.97 Å². The Hall–Kier alpha value is -0.910. The van der Waals surface area contributed by atoms with Gasteiger partial charge in [0, 0.05) is 26.8 Å². The van der Waals surface area contributed by atoms with Gasteiger partial charge in [-0.2, -0.15) is 0 Å². The number of aromatic nitrogens is 2. The highest BCUT2D eigenvalue weighted by Crippen LogP contribution is 2.14. The lowest BCUT2D eigenvalue weighted by atomic mass is 10.3. The van der Waals surface area contributed by atoms with E-state index in [4.69, 9.17) is 21.7 Å². The van der Waals surface area contributed by atoms with Gasteiger partial charge in [-0.3, -0.25) is 0 Å². The summed E-state index contributed by atoms with van der Waals surface area (Å²) >= 11 is 4.75. The van der Waals surface area contributed by atoms with Gasteiger partial charge in [0.25, 0.3) is 0 Å². The van der Waals surface area contributed by atoms with Gasteiger partial charge in [-0.05, 0) is 17.9 Å². The number of methoxy groups -OCH3 is 2. The maximum Gasteiger partial charge on any atom is 0.200 e. The van der Waals surface area contributed by atoms with Crippen molar-refractivity contribution in [2.45, 2.75) is 19.1 Å². The van der Waals surface area contributed by atoms with Crippen molar-refractivity contribution >= 4 is 17.6 Å². The van der Waals surface area contributed by atoms with Crippen LogP contribution in [0.25, 0.3) is 0 Å². The average molecular weight is 226 g/mol. The van der Waals surface area contributed by atoms with Crippen molar-refractivity contribution in [2.75, 3.05) is 14.2 Å². The van der Waals surface area contributed by atoms with E-state index in [1.807, 2.05) is 0 Å². The van der Waals surface area contributed by atoms with Crippen molar-refractivity contribution < 1.29 is 9.47 Å². The minimum Gasteiger partial charge on any atom is -0.350 e. The molecular weight excluding hydrogens is 212 g/mol. The molecule has 15 heavy (non-hydrogen) atoms. The third kappa shape index (κ3) is 3.62. The first kappa shape index (κ1) is 12.2. The van der Waals surface area contributed by atoms with Crippen LogP contribution >= 0.6 is 12.2 Å². The molecule has 1 aromatic rings. The van der Waals surface area contributed by atoms with Gasteiger partial charge >= 0.3 is 0 Å². The first-order chi connectivity index (χ1) is 7.31. The SMILES string of the molecule is COC(OC)c1ccnc(CCC=S)n1. The van der Waals surface area contributed by atoms with E-state index in [-0.39, 0.29) is 0 Å². The summed E-state index contributed by atoms with van der Waals surface area (Å²) in [5.74, 6) is 0.757. The summed E-state index contributed by atoms with van der Waals surface area (Å²) in [5.41, 5.74) is 0.731. The van der Waals surface area contributed by atoms with Crippen molar-refractivity contribution in [1.29, 1.82) is 0 Å². The molecule has 0 saturated carbocycles. The van der Waals surface area contributed by atoms with Gasteiger partial charge in [0.2, 0.25) is 6.29 Å². The summed E-state index contributed by atoms with van der Waals surface area (Å²) in [6.45, 7) is 0. The molecule has 0 fully saturated rings. The van der Waals surface area contributed by atoms with E-state index < -0.39 is 6.29 Å². The van der Waals surface area contributed by atoms with E-state index in [1.54, 1.807) is 31.9 Å². The molecular formula is C10H14N2O2S. The average Bonchev–Trinajstić information content (AvgIpc) is 2.29. The zero-order valence-corrected chi connectivity index (χ0v) is 9.66. The standard InChI is InChI=1S/C10H14N2O2S/c1-13-10(14-2)8-5-6-11-9(12-8)4-3-7-15/h5-7,10H,3-4H2,1-2H3. The van der Waals surface area contributed by atoms with Gasteiger partial charge in [-0.1, -0.05) is 12.2 Å². The summed E-state index contributed by atoms with van der Waals surface area (Å²) in [4.78, 5) is 8.46. The number of hydrogen-bond acceptors (Lipinski definition) is 5. The molecule has 0 N–H and O–H groups in total. The second-order valence-corrected chi connectivity index (χ2v) is 3.24. The normalized spacial score (nSPS) is 10.6. The van der Waals surface area contributed by atoms with Crippen LogP contribution in [0.5, 0.6) is 0 Å². The molecule has 1 heterocycles. The molecule has 0 aromatic carbocycles. The van der Waals surface area contributed by atoms with E-state index >= 15 is 0 Å². The first-order valence-electron chi connectivity index (χ1n) is 4.63. The summed E-state index contributed by atoms with van der Waals surface area (Å²) in [6, 6.07) is 1.78. The number of nitrogens with zero attached hydrogens (tertiary/aromatic N) is 2. The summed E-state index contributed by atoms with van der Waals surface area (Å²) in [7, 11) is 3.15. The number of rotatable bonds is 6. The van der Waals surface area contributed by atoms with Crippen LogP contribution in [-0.4, -0.2) is 29.6 Å². The topological polar surface area (TPSA) is 44.2 Å². The Morgan fingerprint density at radius 1 is 1.47 bits per heavy atom. The molecule has 1 rings (SSSR count). The maximum absolute atomic E-state index is 5.10. The minimum atomic E-state index is -0.431. The minimum absolute atomic E-state index is 0.431. The lowest BCUT2D eigenvalue weighted by Crippen LogP contribution is -2.08. The predicted octanol–water partition coefficient (Wildman–Crippen LogP) is 1.70. The van der Waals surface area contributed by atoms with E-state index in [1.165, 1.54) is 0 Å². The van der Waals surface area contributed by atoms with Gasteiger partial charge in [-0.15, -0.1) is 0 Å².